The van der Waals surface area contributed by atoms with Gasteiger partial charge in [-0.2, -0.15) is 5.26 Å². The van der Waals surface area contributed by atoms with E-state index in [9.17, 15) is 9.18 Å². The first-order valence-electron chi connectivity index (χ1n) is 5.29. The van der Waals surface area contributed by atoms with Gasteiger partial charge in [0, 0.05) is 5.92 Å². The van der Waals surface area contributed by atoms with Gasteiger partial charge in [0.15, 0.2) is 0 Å². The van der Waals surface area contributed by atoms with Crippen molar-refractivity contribution in [1.82, 2.24) is 0 Å². The minimum absolute atomic E-state index is 0.0814. The Balaban J connectivity index is 2.76. The number of carbonyl (C=O) groups excluding carboxylic acids is 1. The molecule has 3 N–H and O–H groups in total. The van der Waals surface area contributed by atoms with Gasteiger partial charge in [-0.15, -0.1) is 0 Å². The summed E-state index contributed by atoms with van der Waals surface area (Å²) in [6, 6.07) is 5.74. The van der Waals surface area contributed by atoms with Crippen LogP contribution in [-0.4, -0.2) is 12.5 Å². The minimum Gasteiger partial charge on any atom is -0.330 e. The largest absolute Gasteiger partial charge is 0.330 e. The SMILES string of the molecule is CC(CCN)C(=O)Nc1ccc(C#N)cc1F. The van der Waals surface area contributed by atoms with Crippen LogP contribution in [0.15, 0.2) is 18.2 Å². The molecular formula is C12H14FN3O. The Kier molecular flexibility index (Phi) is 4.61. The fourth-order valence-electron chi connectivity index (χ4n) is 1.32. The Bertz CT molecular complexity index is 454. The van der Waals surface area contributed by atoms with Gasteiger partial charge in [-0.1, -0.05) is 6.92 Å². The van der Waals surface area contributed by atoms with E-state index in [1.54, 1.807) is 6.92 Å². The molecule has 0 aliphatic heterocycles. The first kappa shape index (κ1) is 13.1. The van der Waals surface area contributed by atoms with Crippen LogP contribution >= 0.6 is 0 Å². The number of carbonyl (C=O) groups is 1. The fourth-order valence-corrected chi connectivity index (χ4v) is 1.32. The van der Waals surface area contributed by atoms with Gasteiger partial charge in [-0.25, -0.2) is 4.39 Å². The van der Waals surface area contributed by atoms with Crippen molar-refractivity contribution in [2.45, 2.75) is 13.3 Å². The highest BCUT2D eigenvalue weighted by molar-refractivity contribution is 5.92. The molecule has 0 saturated heterocycles. The fraction of sp³-hybridized carbons (Fsp3) is 0.333. The molecule has 0 fully saturated rings. The summed E-state index contributed by atoms with van der Waals surface area (Å²) in [4.78, 5) is 11.6. The van der Waals surface area contributed by atoms with Crippen molar-refractivity contribution in [2.24, 2.45) is 11.7 Å². The lowest BCUT2D eigenvalue weighted by Gasteiger charge is -2.11. The molecule has 0 saturated carbocycles. The van der Waals surface area contributed by atoms with Gasteiger partial charge in [0.2, 0.25) is 5.91 Å². The Labute approximate surface area is 99.2 Å². The van der Waals surface area contributed by atoms with E-state index in [0.717, 1.165) is 6.07 Å². The number of halogens is 1. The maximum absolute atomic E-state index is 13.5. The van der Waals surface area contributed by atoms with E-state index in [1.807, 2.05) is 6.07 Å². The second-order valence-electron chi connectivity index (χ2n) is 3.77. The third-order valence-corrected chi connectivity index (χ3v) is 2.40. The monoisotopic (exact) mass is 235 g/mol. The van der Waals surface area contributed by atoms with Crippen molar-refractivity contribution in [3.05, 3.63) is 29.6 Å². The maximum atomic E-state index is 13.5. The second-order valence-corrected chi connectivity index (χ2v) is 3.77. The van der Waals surface area contributed by atoms with Crippen LogP contribution < -0.4 is 11.1 Å². The van der Waals surface area contributed by atoms with Gasteiger partial charge in [-0.3, -0.25) is 4.79 Å². The number of nitrogens with two attached hydrogens (primary N) is 1. The number of amides is 1. The summed E-state index contributed by atoms with van der Waals surface area (Å²) in [7, 11) is 0. The number of anilines is 1. The molecule has 1 atom stereocenters. The zero-order chi connectivity index (χ0) is 12.8. The Morgan fingerprint density at radius 2 is 2.35 bits per heavy atom. The van der Waals surface area contributed by atoms with E-state index in [1.165, 1.54) is 12.1 Å². The van der Waals surface area contributed by atoms with E-state index in [0.29, 0.717) is 13.0 Å². The van der Waals surface area contributed by atoms with Crippen molar-refractivity contribution >= 4 is 11.6 Å². The normalized spacial score (nSPS) is 11.6. The molecule has 17 heavy (non-hydrogen) atoms. The number of nitrogens with one attached hydrogen (secondary N) is 1. The minimum atomic E-state index is -0.614. The zero-order valence-corrected chi connectivity index (χ0v) is 9.53. The van der Waals surface area contributed by atoms with E-state index in [-0.39, 0.29) is 23.1 Å². The molecule has 0 aliphatic rings. The molecule has 4 nitrogen and oxygen atoms in total. The number of nitrogens with zero attached hydrogens (tertiary/aromatic N) is 1. The average molecular weight is 235 g/mol. The van der Waals surface area contributed by atoms with Crippen molar-refractivity contribution in [3.63, 3.8) is 0 Å². The third kappa shape index (κ3) is 3.54. The molecule has 0 heterocycles. The molecule has 0 aliphatic carbocycles. The van der Waals surface area contributed by atoms with Crippen LogP contribution in [0.5, 0.6) is 0 Å². The Morgan fingerprint density at radius 3 is 2.88 bits per heavy atom. The second kappa shape index (κ2) is 5.97. The van der Waals surface area contributed by atoms with Crippen molar-refractivity contribution in [2.75, 3.05) is 11.9 Å². The Morgan fingerprint density at radius 1 is 1.65 bits per heavy atom. The molecule has 5 heteroatoms. The van der Waals surface area contributed by atoms with Crippen LogP contribution in [0.4, 0.5) is 10.1 Å². The number of benzene rings is 1. The lowest BCUT2D eigenvalue weighted by Crippen LogP contribution is -2.23. The summed E-state index contributed by atoms with van der Waals surface area (Å²) in [6.07, 6.45) is 0.545. The van der Waals surface area contributed by atoms with Gasteiger partial charge >= 0.3 is 0 Å². The third-order valence-electron chi connectivity index (χ3n) is 2.40. The predicted molar refractivity (Wildman–Crippen MR) is 62.6 cm³/mol. The highest BCUT2D eigenvalue weighted by Gasteiger charge is 2.14. The smallest absolute Gasteiger partial charge is 0.227 e. The molecule has 1 unspecified atom stereocenters. The first-order valence-corrected chi connectivity index (χ1v) is 5.29. The summed E-state index contributed by atoms with van der Waals surface area (Å²) in [5.74, 6) is -1.16. The van der Waals surface area contributed by atoms with Crippen molar-refractivity contribution in [3.8, 4) is 6.07 Å². The molecule has 0 aromatic heterocycles. The van der Waals surface area contributed by atoms with Crippen LogP contribution in [0.25, 0.3) is 0 Å². The molecule has 1 aromatic carbocycles. The number of rotatable bonds is 4. The first-order chi connectivity index (χ1) is 8.08. The zero-order valence-electron chi connectivity index (χ0n) is 9.53. The van der Waals surface area contributed by atoms with Crippen LogP contribution in [0, 0.1) is 23.1 Å². The topological polar surface area (TPSA) is 78.9 Å². The molecular weight excluding hydrogens is 221 g/mol. The summed E-state index contributed by atoms with van der Waals surface area (Å²) >= 11 is 0. The van der Waals surface area contributed by atoms with E-state index >= 15 is 0 Å². The molecule has 1 rings (SSSR count). The standard InChI is InChI=1S/C12H14FN3O/c1-8(4-5-14)12(17)16-11-3-2-9(7-15)6-10(11)13/h2-3,6,8H,4-5,14H2,1H3,(H,16,17). The molecule has 1 amide bonds. The lowest BCUT2D eigenvalue weighted by molar-refractivity contribution is -0.119. The van der Waals surface area contributed by atoms with E-state index < -0.39 is 5.82 Å². The summed E-state index contributed by atoms with van der Waals surface area (Å²) in [6.45, 7) is 2.13. The molecule has 0 bridgehead atoms. The van der Waals surface area contributed by atoms with E-state index in [4.69, 9.17) is 11.0 Å². The highest BCUT2D eigenvalue weighted by atomic mass is 19.1. The van der Waals surface area contributed by atoms with Crippen molar-refractivity contribution in [1.29, 1.82) is 5.26 Å². The average Bonchev–Trinajstić information content (AvgIpc) is 2.31. The van der Waals surface area contributed by atoms with Gasteiger partial charge in [-0.05, 0) is 31.2 Å². The highest BCUT2D eigenvalue weighted by Crippen LogP contribution is 2.16. The van der Waals surface area contributed by atoms with Crippen LogP contribution in [0.2, 0.25) is 0 Å². The lowest BCUT2D eigenvalue weighted by atomic mass is 10.1. The number of hydrogen-bond acceptors (Lipinski definition) is 3. The molecule has 90 valence electrons. The maximum Gasteiger partial charge on any atom is 0.227 e. The molecule has 0 radical (unpaired) electrons. The summed E-state index contributed by atoms with van der Waals surface area (Å²) < 4.78 is 13.5. The Hall–Kier alpha value is -1.93. The quantitative estimate of drug-likeness (QED) is 0.832. The molecule has 0 spiro atoms. The predicted octanol–water partition coefficient (Wildman–Crippen LogP) is 1.62. The van der Waals surface area contributed by atoms with Gasteiger partial charge in [0.05, 0.1) is 17.3 Å². The van der Waals surface area contributed by atoms with Crippen LogP contribution in [-0.2, 0) is 4.79 Å². The van der Waals surface area contributed by atoms with Gasteiger partial charge in [0.1, 0.15) is 5.82 Å². The van der Waals surface area contributed by atoms with E-state index in [2.05, 4.69) is 5.32 Å². The number of hydrogen-bond donors (Lipinski definition) is 2. The van der Waals surface area contributed by atoms with Crippen molar-refractivity contribution < 1.29 is 9.18 Å². The van der Waals surface area contributed by atoms with Crippen LogP contribution in [0.3, 0.4) is 0 Å². The summed E-state index contributed by atoms with van der Waals surface area (Å²) in [5, 5.41) is 11.0. The van der Waals surface area contributed by atoms with Gasteiger partial charge < -0.3 is 11.1 Å². The number of nitriles is 1. The molecule has 1 aromatic rings. The van der Waals surface area contributed by atoms with Gasteiger partial charge in [0.25, 0.3) is 0 Å². The summed E-state index contributed by atoms with van der Waals surface area (Å²) in [5.41, 5.74) is 5.64. The van der Waals surface area contributed by atoms with Crippen LogP contribution in [0.1, 0.15) is 18.9 Å².